The van der Waals surface area contributed by atoms with Gasteiger partial charge < -0.3 is 9.73 Å². The van der Waals surface area contributed by atoms with Gasteiger partial charge in [0.15, 0.2) is 0 Å². The number of aromatic nitrogens is 4. The van der Waals surface area contributed by atoms with Crippen molar-refractivity contribution in [1.29, 1.82) is 0 Å². The Hall–Kier alpha value is -2.61. The summed E-state index contributed by atoms with van der Waals surface area (Å²) in [6, 6.07) is 11.4. The molecule has 0 aliphatic carbocycles. The van der Waals surface area contributed by atoms with Crippen LogP contribution in [-0.4, -0.2) is 31.9 Å². The van der Waals surface area contributed by atoms with Crippen molar-refractivity contribution < 1.29 is 9.21 Å². The molecule has 3 rings (SSSR count). The number of carbonyl (C=O) groups is 1. The minimum atomic E-state index is -0.0894. The number of nitrogens with one attached hydrogen (secondary N) is 1. The fraction of sp³-hybridized carbons (Fsp3) is 0.250. The molecule has 3 aromatic rings. The third kappa shape index (κ3) is 4.02. The lowest BCUT2D eigenvalue weighted by atomic mass is 10.1. The quantitative estimate of drug-likeness (QED) is 0.664. The van der Waals surface area contributed by atoms with Crippen molar-refractivity contribution in [1.82, 2.24) is 20.2 Å². The lowest BCUT2D eigenvalue weighted by molar-refractivity contribution is -0.113. The SMILES string of the molecule is CCc1ccccc1NC(=O)CSc1nnnn1Cc1ccco1. The van der Waals surface area contributed by atoms with Crippen LogP contribution in [0.2, 0.25) is 0 Å². The second kappa shape index (κ2) is 7.78. The van der Waals surface area contributed by atoms with Crippen molar-refractivity contribution in [2.24, 2.45) is 0 Å². The molecule has 2 heterocycles. The number of aryl methyl sites for hydroxylation is 1. The van der Waals surface area contributed by atoms with E-state index in [0.717, 1.165) is 23.4 Å². The van der Waals surface area contributed by atoms with Crippen LogP contribution in [0.3, 0.4) is 0 Å². The highest BCUT2D eigenvalue weighted by molar-refractivity contribution is 7.99. The molecule has 0 atom stereocenters. The number of furan rings is 1. The molecule has 0 bridgehead atoms. The highest BCUT2D eigenvalue weighted by Crippen LogP contribution is 2.18. The predicted molar refractivity (Wildman–Crippen MR) is 90.8 cm³/mol. The van der Waals surface area contributed by atoms with Gasteiger partial charge in [0.1, 0.15) is 12.3 Å². The summed E-state index contributed by atoms with van der Waals surface area (Å²) in [4.78, 5) is 12.2. The van der Waals surface area contributed by atoms with Crippen molar-refractivity contribution in [2.75, 3.05) is 11.1 Å². The Morgan fingerprint density at radius 3 is 2.96 bits per heavy atom. The number of nitrogens with zero attached hydrogens (tertiary/aromatic N) is 4. The van der Waals surface area contributed by atoms with E-state index in [4.69, 9.17) is 4.42 Å². The number of rotatable bonds is 7. The summed E-state index contributed by atoms with van der Waals surface area (Å²) in [5, 5.41) is 15.0. The van der Waals surface area contributed by atoms with Crippen LogP contribution in [0, 0.1) is 0 Å². The van der Waals surface area contributed by atoms with Gasteiger partial charge in [-0.2, -0.15) is 0 Å². The molecule has 0 radical (unpaired) electrons. The molecule has 0 spiro atoms. The Morgan fingerprint density at radius 1 is 1.29 bits per heavy atom. The zero-order valence-corrected chi connectivity index (χ0v) is 14.0. The highest BCUT2D eigenvalue weighted by Gasteiger charge is 2.12. The minimum absolute atomic E-state index is 0.0894. The Morgan fingerprint density at radius 2 is 2.17 bits per heavy atom. The Bertz CT molecular complexity index is 800. The lowest BCUT2D eigenvalue weighted by Gasteiger charge is -2.09. The molecule has 0 aliphatic heterocycles. The second-order valence-corrected chi connectivity index (χ2v) is 5.99. The molecular formula is C16H17N5O2S. The van der Waals surface area contributed by atoms with Gasteiger partial charge in [-0.1, -0.05) is 36.9 Å². The van der Waals surface area contributed by atoms with Crippen LogP contribution in [-0.2, 0) is 17.8 Å². The van der Waals surface area contributed by atoms with E-state index in [2.05, 4.69) is 27.8 Å². The molecule has 124 valence electrons. The van der Waals surface area contributed by atoms with E-state index in [9.17, 15) is 4.79 Å². The first-order valence-electron chi connectivity index (χ1n) is 7.55. The Balaban J connectivity index is 1.58. The number of hydrogen-bond acceptors (Lipinski definition) is 6. The number of amides is 1. The normalized spacial score (nSPS) is 10.7. The van der Waals surface area contributed by atoms with E-state index in [1.165, 1.54) is 11.8 Å². The smallest absolute Gasteiger partial charge is 0.234 e. The van der Waals surface area contributed by atoms with E-state index in [1.54, 1.807) is 10.9 Å². The first-order chi connectivity index (χ1) is 11.8. The molecule has 0 aliphatic rings. The van der Waals surface area contributed by atoms with Crippen LogP contribution >= 0.6 is 11.8 Å². The Kier molecular flexibility index (Phi) is 5.27. The number of para-hydroxylation sites is 1. The summed E-state index contributed by atoms with van der Waals surface area (Å²) in [7, 11) is 0. The largest absolute Gasteiger partial charge is 0.467 e. The maximum Gasteiger partial charge on any atom is 0.234 e. The van der Waals surface area contributed by atoms with Crippen LogP contribution in [0.15, 0.2) is 52.2 Å². The highest BCUT2D eigenvalue weighted by atomic mass is 32.2. The first-order valence-corrected chi connectivity index (χ1v) is 8.54. The number of carbonyl (C=O) groups excluding carboxylic acids is 1. The van der Waals surface area contributed by atoms with Crippen molar-refractivity contribution in [2.45, 2.75) is 25.0 Å². The number of thioether (sulfide) groups is 1. The van der Waals surface area contributed by atoms with Gasteiger partial charge in [0.2, 0.25) is 11.1 Å². The molecule has 0 fully saturated rings. The van der Waals surface area contributed by atoms with E-state index in [-0.39, 0.29) is 11.7 Å². The summed E-state index contributed by atoms with van der Waals surface area (Å²) < 4.78 is 6.89. The molecule has 1 aromatic carbocycles. The first kappa shape index (κ1) is 16.3. The third-order valence-electron chi connectivity index (χ3n) is 3.39. The molecular weight excluding hydrogens is 326 g/mol. The maximum atomic E-state index is 12.2. The van der Waals surface area contributed by atoms with E-state index in [0.29, 0.717) is 11.7 Å². The molecule has 0 unspecified atom stereocenters. The van der Waals surface area contributed by atoms with Gasteiger partial charge in [0, 0.05) is 5.69 Å². The van der Waals surface area contributed by atoms with Gasteiger partial charge in [0.25, 0.3) is 0 Å². The molecule has 7 nitrogen and oxygen atoms in total. The molecule has 8 heteroatoms. The van der Waals surface area contributed by atoms with Crippen molar-refractivity contribution in [3.8, 4) is 0 Å². The molecule has 1 amide bonds. The lowest BCUT2D eigenvalue weighted by Crippen LogP contribution is -2.16. The fourth-order valence-corrected chi connectivity index (χ4v) is 2.89. The molecule has 24 heavy (non-hydrogen) atoms. The second-order valence-electron chi connectivity index (χ2n) is 5.05. The average molecular weight is 343 g/mol. The number of benzene rings is 1. The standard InChI is InChI=1S/C16H17N5O2S/c1-2-12-6-3-4-8-14(12)17-15(22)11-24-16-18-19-20-21(16)10-13-7-5-9-23-13/h3-9H,2,10-11H2,1H3,(H,17,22). The maximum absolute atomic E-state index is 12.2. The van der Waals surface area contributed by atoms with E-state index in [1.807, 2.05) is 36.4 Å². The number of anilines is 1. The van der Waals surface area contributed by atoms with Gasteiger partial charge in [-0.05, 0) is 40.6 Å². The summed E-state index contributed by atoms with van der Waals surface area (Å²) in [6.07, 6.45) is 2.47. The van der Waals surface area contributed by atoms with Gasteiger partial charge in [-0.15, -0.1) is 5.10 Å². The fourth-order valence-electron chi connectivity index (χ4n) is 2.22. The average Bonchev–Trinajstić information content (AvgIpc) is 3.26. The van der Waals surface area contributed by atoms with Crippen LogP contribution < -0.4 is 5.32 Å². The zero-order valence-electron chi connectivity index (χ0n) is 13.2. The van der Waals surface area contributed by atoms with Gasteiger partial charge >= 0.3 is 0 Å². The third-order valence-corrected chi connectivity index (χ3v) is 4.35. The molecule has 0 saturated carbocycles. The van der Waals surface area contributed by atoms with Gasteiger partial charge in [0.05, 0.1) is 12.0 Å². The van der Waals surface area contributed by atoms with Gasteiger partial charge in [-0.3, -0.25) is 4.79 Å². The topological polar surface area (TPSA) is 85.8 Å². The molecule has 0 saturated heterocycles. The van der Waals surface area contributed by atoms with Crippen LogP contribution in [0.1, 0.15) is 18.2 Å². The van der Waals surface area contributed by atoms with Crippen molar-refractivity contribution in [3.63, 3.8) is 0 Å². The Labute approximate surface area is 143 Å². The van der Waals surface area contributed by atoms with E-state index >= 15 is 0 Å². The number of hydrogen-bond donors (Lipinski definition) is 1. The van der Waals surface area contributed by atoms with Crippen LogP contribution in [0.4, 0.5) is 5.69 Å². The van der Waals surface area contributed by atoms with Crippen molar-refractivity contribution >= 4 is 23.4 Å². The minimum Gasteiger partial charge on any atom is -0.467 e. The van der Waals surface area contributed by atoms with Crippen LogP contribution in [0.25, 0.3) is 0 Å². The van der Waals surface area contributed by atoms with E-state index < -0.39 is 0 Å². The summed E-state index contributed by atoms with van der Waals surface area (Å²) in [5.74, 6) is 0.898. The molecule has 1 N–H and O–H groups in total. The summed E-state index contributed by atoms with van der Waals surface area (Å²) in [5.41, 5.74) is 1.96. The summed E-state index contributed by atoms with van der Waals surface area (Å²) in [6.45, 7) is 2.49. The monoisotopic (exact) mass is 343 g/mol. The molecule has 2 aromatic heterocycles. The van der Waals surface area contributed by atoms with Gasteiger partial charge in [-0.25, -0.2) is 4.68 Å². The zero-order chi connectivity index (χ0) is 16.8. The van der Waals surface area contributed by atoms with Crippen LogP contribution in [0.5, 0.6) is 0 Å². The number of tetrazole rings is 1. The summed E-state index contributed by atoms with van der Waals surface area (Å²) >= 11 is 1.29. The predicted octanol–water partition coefficient (Wildman–Crippen LogP) is 2.61. The van der Waals surface area contributed by atoms with Crippen molar-refractivity contribution in [3.05, 3.63) is 54.0 Å².